The molecule has 5 nitrogen and oxygen atoms in total. The predicted octanol–water partition coefficient (Wildman–Crippen LogP) is 1.88. The highest BCUT2D eigenvalue weighted by atomic mass is 16.6. The van der Waals surface area contributed by atoms with Gasteiger partial charge in [0.15, 0.2) is 5.78 Å². The molecule has 14 heavy (non-hydrogen) atoms. The van der Waals surface area contributed by atoms with Gasteiger partial charge in [-0.1, -0.05) is 6.07 Å². The van der Waals surface area contributed by atoms with E-state index in [9.17, 15) is 14.9 Å². The van der Waals surface area contributed by atoms with Crippen molar-refractivity contribution in [1.82, 2.24) is 0 Å². The predicted molar refractivity (Wildman–Crippen MR) is 50.2 cm³/mol. The number of carbonyl (C=O) groups is 1. The molecule has 0 N–H and O–H groups in total. The quantitative estimate of drug-likeness (QED) is 0.501. The van der Waals surface area contributed by atoms with E-state index in [4.69, 9.17) is 0 Å². The lowest BCUT2D eigenvalue weighted by Crippen LogP contribution is -2.07. The number of carbonyl (C=O) groups excluding carboxylic acids is 1. The number of hydrogen-bond donors (Lipinski definition) is 0. The first kappa shape index (κ1) is 8.55. The van der Waals surface area contributed by atoms with Crippen molar-refractivity contribution in [2.75, 3.05) is 0 Å². The standard InChI is InChI=1S/C9H6N2O3/c12-8-4-5-10-6-2-1-3-7(9(6)8)11(13)14/h1-3,5H,4H2. The summed E-state index contributed by atoms with van der Waals surface area (Å²) in [6, 6.07) is 4.43. The molecule has 0 saturated carbocycles. The van der Waals surface area contributed by atoms with Crippen LogP contribution < -0.4 is 0 Å². The average molecular weight is 190 g/mol. The van der Waals surface area contributed by atoms with Crippen LogP contribution in [0.2, 0.25) is 0 Å². The summed E-state index contributed by atoms with van der Waals surface area (Å²) in [4.78, 5) is 25.4. The van der Waals surface area contributed by atoms with Crippen molar-refractivity contribution in [1.29, 1.82) is 0 Å². The Balaban J connectivity index is 2.70. The first-order valence-corrected chi connectivity index (χ1v) is 4.03. The van der Waals surface area contributed by atoms with E-state index in [-0.39, 0.29) is 23.5 Å². The summed E-state index contributed by atoms with van der Waals surface area (Å²) in [5.41, 5.74) is 0.347. The number of hydrogen-bond acceptors (Lipinski definition) is 4. The van der Waals surface area contributed by atoms with Crippen LogP contribution in [0.4, 0.5) is 11.4 Å². The highest BCUT2D eigenvalue weighted by Crippen LogP contribution is 2.31. The van der Waals surface area contributed by atoms with E-state index < -0.39 is 4.92 Å². The van der Waals surface area contributed by atoms with Crippen LogP contribution >= 0.6 is 0 Å². The van der Waals surface area contributed by atoms with Crippen molar-refractivity contribution in [3.8, 4) is 0 Å². The molecular weight excluding hydrogens is 184 g/mol. The van der Waals surface area contributed by atoms with Crippen molar-refractivity contribution in [3.05, 3.63) is 33.9 Å². The summed E-state index contributed by atoms with van der Waals surface area (Å²) in [7, 11) is 0. The number of nitro benzene ring substituents is 1. The minimum Gasteiger partial charge on any atom is -0.293 e. The lowest BCUT2D eigenvalue weighted by atomic mass is 10.0. The fourth-order valence-electron chi connectivity index (χ4n) is 1.40. The normalized spacial score (nSPS) is 13.9. The van der Waals surface area contributed by atoms with Gasteiger partial charge in [-0.2, -0.15) is 0 Å². The van der Waals surface area contributed by atoms with Crippen LogP contribution in [0, 0.1) is 10.1 Å². The molecule has 2 rings (SSSR count). The minimum absolute atomic E-state index is 0.125. The number of rotatable bonds is 1. The zero-order valence-corrected chi connectivity index (χ0v) is 7.14. The second-order valence-corrected chi connectivity index (χ2v) is 2.87. The van der Waals surface area contributed by atoms with Gasteiger partial charge in [-0.05, 0) is 6.07 Å². The van der Waals surface area contributed by atoms with Gasteiger partial charge in [-0.25, -0.2) is 0 Å². The lowest BCUT2D eigenvalue weighted by Gasteiger charge is -2.07. The largest absolute Gasteiger partial charge is 0.293 e. The SMILES string of the molecule is O=C1CC=Nc2cccc([N+](=O)[O-])c21. The van der Waals surface area contributed by atoms with Crippen molar-refractivity contribution in [2.24, 2.45) is 4.99 Å². The van der Waals surface area contributed by atoms with Crippen molar-refractivity contribution < 1.29 is 9.72 Å². The zero-order valence-electron chi connectivity index (χ0n) is 7.14. The number of nitrogens with zero attached hydrogens (tertiary/aromatic N) is 2. The average Bonchev–Trinajstić information content (AvgIpc) is 2.17. The molecule has 5 heteroatoms. The van der Waals surface area contributed by atoms with Crippen LogP contribution in [-0.4, -0.2) is 16.9 Å². The molecule has 1 heterocycles. The molecule has 0 spiro atoms. The number of Topliss-reactive ketones (excluding diaryl/α,β-unsaturated/α-hetero) is 1. The van der Waals surface area contributed by atoms with E-state index in [1.54, 1.807) is 6.07 Å². The van der Waals surface area contributed by atoms with Crippen LogP contribution in [0.15, 0.2) is 23.2 Å². The molecule has 1 aliphatic rings. The van der Waals surface area contributed by atoms with Crippen LogP contribution in [0.25, 0.3) is 0 Å². The number of fused-ring (bicyclic) bond motifs is 1. The van der Waals surface area contributed by atoms with Crippen molar-refractivity contribution in [3.63, 3.8) is 0 Å². The van der Waals surface area contributed by atoms with Gasteiger partial charge in [-0.3, -0.25) is 19.9 Å². The lowest BCUT2D eigenvalue weighted by molar-refractivity contribution is -0.385. The summed E-state index contributed by atoms with van der Waals surface area (Å²) in [6.07, 6.45) is 1.60. The van der Waals surface area contributed by atoms with Gasteiger partial charge >= 0.3 is 0 Å². The Bertz CT molecular complexity index is 451. The Morgan fingerprint density at radius 1 is 1.43 bits per heavy atom. The van der Waals surface area contributed by atoms with Crippen LogP contribution in [0.5, 0.6) is 0 Å². The molecule has 0 bridgehead atoms. The van der Waals surface area contributed by atoms with Gasteiger partial charge in [-0.15, -0.1) is 0 Å². The molecule has 0 unspecified atom stereocenters. The number of aliphatic imine (C=N–C) groups is 1. The van der Waals surface area contributed by atoms with E-state index in [0.717, 1.165) is 0 Å². The molecule has 0 aromatic heterocycles. The molecule has 70 valence electrons. The summed E-state index contributed by atoms with van der Waals surface area (Å²) < 4.78 is 0. The number of benzene rings is 1. The third-order valence-corrected chi connectivity index (χ3v) is 2.00. The summed E-state index contributed by atoms with van der Waals surface area (Å²) in [6.45, 7) is 0. The van der Waals surface area contributed by atoms with Gasteiger partial charge in [0, 0.05) is 18.7 Å². The molecule has 0 amide bonds. The summed E-state index contributed by atoms with van der Waals surface area (Å²) in [5, 5.41) is 10.6. The maximum atomic E-state index is 11.4. The molecular formula is C9H6N2O3. The molecule has 0 aliphatic carbocycles. The fraction of sp³-hybridized carbons (Fsp3) is 0.111. The Kier molecular flexibility index (Phi) is 1.85. The fourth-order valence-corrected chi connectivity index (χ4v) is 1.40. The maximum Gasteiger partial charge on any atom is 0.282 e. The van der Waals surface area contributed by atoms with E-state index in [2.05, 4.69) is 4.99 Å². The number of ketones is 1. The molecule has 1 aromatic rings. The molecule has 0 fully saturated rings. The Hall–Kier alpha value is -2.04. The van der Waals surface area contributed by atoms with Gasteiger partial charge in [0.2, 0.25) is 0 Å². The second kappa shape index (κ2) is 3.02. The van der Waals surface area contributed by atoms with Crippen molar-refractivity contribution in [2.45, 2.75) is 6.42 Å². The Morgan fingerprint density at radius 2 is 2.21 bits per heavy atom. The molecule has 0 saturated heterocycles. The Morgan fingerprint density at radius 3 is 2.93 bits per heavy atom. The van der Waals surface area contributed by atoms with Crippen LogP contribution in [0.1, 0.15) is 16.8 Å². The molecule has 1 aliphatic heterocycles. The Labute approximate surface area is 79.2 Å². The topological polar surface area (TPSA) is 72.6 Å². The second-order valence-electron chi connectivity index (χ2n) is 2.87. The van der Waals surface area contributed by atoms with E-state index in [0.29, 0.717) is 5.69 Å². The van der Waals surface area contributed by atoms with Crippen LogP contribution in [-0.2, 0) is 0 Å². The smallest absolute Gasteiger partial charge is 0.282 e. The summed E-state index contributed by atoms with van der Waals surface area (Å²) >= 11 is 0. The van der Waals surface area contributed by atoms with Gasteiger partial charge in [0.1, 0.15) is 5.56 Å². The van der Waals surface area contributed by atoms with E-state index >= 15 is 0 Å². The van der Waals surface area contributed by atoms with E-state index in [1.165, 1.54) is 18.3 Å². The zero-order chi connectivity index (χ0) is 10.1. The monoisotopic (exact) mass is 190 g/mol. The van der Waals surface area contributed by atoms with Gasteiger partial charge < -0.3 is 0 Å². The van der Waals surface area contributed by atoms with Gasteiger partial charge in [0.25, 0.3) is 5.69 Å². The highest BCUT2D eigenvalue weighted by molar-refractivity contribution is 6.12. The highest BCUT2D eigenvalue weighted by Gasteiger charge is 2.24. The maximum absolute atomic E-state index is 11.4. The third-order valence-electron chi connectivity index (χ3n) is 2.00. The third kappa shape index (κ3) is 1.19. The van der Waals surface area contributed by atoms with Crippen molar-refractivity contribution >= 4 is 23.4 Å². The minimum atomic E-state index is -0.558. The molecule has 0 atom stereocenters. The van der Waals surface area contributed by atoms with Crippen LogP contribution in [0.3, 0.4) is 0 Å². The first-order chi connectivity index (χ1) is 6.70. The van der Waals surface area contributed by atoms with Gasteiger partial charge in [0.05, 0.1) is 10.6 Å². The molecule has 1 aromatic carbocycles. The number of nitro groups is 1. The summed E-state index contributed by atoms with van der Waals surface area (Å²) in [5.74, 6) is -0.248. The molecule has 0 radical (unpaired) electrons. The first-order valence-electron chi connectivity index (χ1n) is 4.03. The van der Waals surface area contributed by atoms with E-state index in [1.807, 2.05) is 0 Å².